The molecule has 6 heteroatoms. The molecule has 11 rings (SSSR count). The van der Waals surface area contributed by atoms with Gasteiger partial charge in [0, 0.05) is 62.8 Å². The second-order valence-electron chi connectivity index (χ2n) is 17.1. The molecule has 60 heavy (non-hydrogen) atoms. The molecule has 5 aliphatic rings. The summed E-state index contributed by atoms with van der Waals surface area (Å²) in [5.74, 6) is -0.0350. The van der Waals surface area contributed by atoms with Crippen LogP contribution >= 0.6 is 0 Å². The molecule has 6 aromatic rings. The number of para-hydroxylation sites is 2. The Bertz CT molecular complexity index is 3140. The van der Waals surface area contributed by atoms with Crippen LogP contribution in [0, 0.1) is 11.3 Å². The van der Waals surface area contributed by atoms with E-state index in [1.54, 1.807) is 6.33 Å². The zero-order valence-electron chi connectivity index (χ0n) is 33.8. The van der Waals surface area contributed by atoms with Crippen LogP contribution in [0.25, 0.3) is 33.4 Å². The Morgan fingerprint density at radius 2 is 1.20 bits per heavy atom. The van der Waals surface area contributed by atoms with E-state index in [4.69, 9.17) is 0 Å². The Hall–Kier alpha value is -7.54. The second-order valence-corrected chi connectivity index (χ2v) is 17.1. The van der Waals surface area contributed by atoms with Crippen molar-refractivity contribution in [1.29, 1.82) is 5.26 Å². The fraction of sp³-hybridized carbons (Fsp3) is 0.148. The standard InChI is InChI=1S/C54H39N5O/c1-53(2)42-13-5-9-17-46(42)58(47-18-10-6-14-43(47)53)50-27-38-39-28-51(59-48-19-11-7-15-44(48)54(3,4)45-16-8-12-20-49(45)59)37(35-30-56-32-57-31-35)26-41(39)52(60)40(38)25-36(50)34-23-21-33(29-55)22-24-34/h5,7,9,11,13-28,30-32H,8,12H2,1-4H3. The molecule has 0 spiro atoms. The fourth-order valence-electron chi connectivity index (χ4n) is 10.1. The van der Waals surface area contributed by atoms with Crippen molar-refractivity contribution in [1.82, 2.24) is 9.97 Å². The van der Waals surface area contributed by atoms with E-state index in [0.717, 1.165) is 80.2 Å². The zero-order chi connectivity index (χ0) is 40.9. The first-order valence-corrected chi connectivity index (χ1v) is 20.5. The number of aromatic nitrogens is 2. The summed E-state index contributed by atoms with van der Waals surface area (Å²) in [6.07, 6.45) is 16.0. The van der Waals surface area contributed by atoms with E-state index in [9.17, 15) is 10.1 Å². The SMILES string of the molecule is CC1(C)C2=CCCC=C2N(c2cc3c(cc2-c2cncnc2)C(=O)c2cc(-c4ccc(C#N)cc4)c(N4C5=C(C=C=C=C5)C(C)(C)c5ccccc54)cc2-3)c2ccccc21. The van der Waals surface area contributed by atoms with Gasteiger partial charge >= 0.3 is 0 Å². The molecule has 286 valence electrons. The number of carbonyl (C=O) groups is 1. The highest BCUT2D eigenvalue weighted by molar-refractivity contribution is 6.24. The molecule has 0 fully saturated rings. The Kier molecular flexibility index (Phi) is 7.71. The van der Waals surface area contributed by atoms with Crippen LogP contribution in [0.3, 0.4) is 0 Å². The molecular formula is C54H39N5O. The van der Waals surface area contributed by atoms with Gasteiger partial charge in [-0.1, -0.05) is 99.8 Å². The van der Waals surface area contributed by atoms with Gasteiger partial charge < -0.3 is 9.80 Å². The van der Waals surface area contributed by atoms with Gasteiger partial charge in [-0.05, 0) is 106 Å². The van der Waals surface area contributed by atoms with E-state index >= 15 is 0 Å². The molecule has 5 aromatic carbocycles. The van der Waals surface area contributed by atoms with Crippen LogP contribution in [0.5, 0.6) is 0 Å². The fourth-order valence-corrected chi connectivity index (χ4v) is 10.1. The van der Waals surface area contributed by atoms with E-state index in [-0.39, 0.29) is 16.6 Å². The molecule has 0 amide bonds. The van der Waals surface area contributed by atoms with Crippen molar-refractivity contribution in [3.05, 3.63) is 202 Å². The lowest BCUT2D eigenvalue weighted by molar-refractivity contribution is 0.104. The van der Waals surface area contributed by atoms with Crippen molar-refractivity contribution in [2.45, 2.75) is 51.4 Å². The Morgan fingerprint density at radius 1 is 0.617 bits per heavy atom. The summed E-state index contributed by atoms with van der Waals surface area (Å²) in [5.41, 5.74) is 24.2. The monoisotopic (exact) mass is 773 g/mol. The van der Waals surface area contributed by atoms with Crippen LogP contribution < -0.4 is 9.80 Å². The predicted octanol–water partition coefficient (Wildman–Crippen LogP) is 12.5. The number of ketones is 1. The van der Waals surface area contributed by atoms with E-state index in [0.29, 0.717) is 16.7 Å². The number of carbonyl (C=O) groups excluding carboxylic acids is 1. The largest absolute Gasteiger partial charge is 0.310 e. The van der Waals surface area contributed by atoms with Crippen LogP contribution in [0.4, 0.5) is 22.7 Å². The second kappa shape index (κ2) is 13.0. The summed E-state index contributed by atoms with van der Waals surface area (Å²) in [7, 11) is 0. The molecule has 6 nitrogen and oxygen atoms in total. The number of rotatable bonds is 4. The van der Waals surface area contributed by atoms with Gasteiger partial charge in [0.15, 0.2) is 5.78 Å². The van der Waals surface area contributed by atoms with Gasteiger partial charge in [0.05, 0.1) is 40.1 Å². The van der Waals surface area contributed by atoms with Crippen LogP contribution in [0.2, 0.25) is 0 Å². The predicted molar refractivity (Wildman–Crippen MR) is 238 cm³/mol. The van der Waals surface area contributed by atoms with Crippen LogP contribution in [-0.4, -0.2) is 15.8 Å². The minimum Gasteiger partial charge on any atom is -0.310 e. The van der Waals surface area contributed by atoms with Gasteiger partial charge in [-0.2, -0.15) is 5.26 Å². The average Bonchev–Trinajstić information content (AvgIpc) is 3.55. The van der Waals surface area contributed by atoms with Crippen LogP contribution in [-0.2, 0) is 10.8 Å². The molecule has 0 N–H and O–H groups in total. The summed E-state index contributed by atoms with van der Waals surface area (Å²) in [5, 5.41) is 9.72. The van der Waals surface area contributed by atoms with Crippen molar-refractivity contribution in [3.8, 4) is 39.4 Å². The number of benzene rings is 5. The molecule has 2 aliphatic heterocycles. The highest BCUT2D eigenvalue weighted by atomic mass is 16.1. The molecule has 0 bridgehead atoms. The molecule has 3 heterocycles. The summed E-state index contributed by atoms with van der Waals surface area (Å²) >= 11 is 0. The third kappa shape index (κ3) is 5.04. The highest BCUT2D eigenvalue weighted by Crippen LogP contribution is 2.57. The maximum absolute atomic E-state index is 15.0. The highest BCUT2D eigenvalue weighted by Gasteiger charge is 2.43. The lowest BCUT2D eigenvalue weighted by Gasteiger charge is -2.46. The number of anilines is 4. The number of allylic oxidation sites excluding steroid dienone is 6. The number of hydrogen-bond donors (Lipinski definition) is 0. The van der Waals surface area contributed by atoms with Gasteiger partial charge in [-0.3, -0.25) is 4.79 Å². The van der Waals surface area contributed by atoms with Crippen LogP contribution in [0.1, 0.15) is 73.1 Å². The van der Waals surface area contributed by atoms with Gasteiger partial charge in [0.25, 0.3) is 0 Å². The molecule has 1 aromatic heterocycles. The molecule has 0 radical (unpaired) electrons. The van der Waals surface area contributed by atoms with Crippen LogP contribution in [0.15, 0.2) is 174 Å². The number of nitrogens with zero attached hydrogens (tertiary/aromatic N) is 5. The van der Waals surface area contributed by atoms with E-state index < -0.39 is 0 Å². The minimum absolute atomic E-state index is 0.0350. The van der Waals surface area contributed by atoms with Crippen molar-refractivity contribution in [2.24, 2.45) is 0 Å². The van der Waals surface area contributed by atoms with Gasteiger partial charge in [-0.25, -0.2) is 9.97 Å². The zero-order valence-corrected chi connectivity index (χ0v) is 33.8. The molecule has 0 saturated carbocycles. The average molecular weight is 774 g/mol. The van der Waals surface area contributed by atoms with Crippen molar-refractivity contribution < 1.29 is 4.79 Å². The van der Waals surface area contributed by atoms with E-state index in [2.05, 4.69) is 150 Å². The lowest BCUT2D eigenvalue weighted by atomic mass is 9.70. The summed E-state index contributed by atoms with van der Waals surface area (Å²) < 4.78 is 0. The quantitative estimate of drug-likeness (QED) is 0.166. The number of fused-ring (bicyclic) bond motifs is 6. The third-order valence-corrected chi connectivity index (χ3v) is 13.1. The summed E-state index contributed by atoms with van der Waals surface area (Å²) in [6.45, 7) is 9.15. The Morgan fingerprint density at radius 3 is 1.88 bits per heavy atom. The molecule has 0 unspecified atom stereocenters. The maximum Gasteiger partial charge on any atom is 0.194 e. The first-order chi connectivity index (χ1) is 29.2. The number of nitriles is 1. The maximum atomic E-state index is 15.0. The normalized spacial score (nSPS) is 17.1. The minimum atomic E-state index is -0.297. The third-order valence-electron chi connectivity index (χ3n) is 13.1. The smallest absolute Gasteiger partial charge is 0.194 e. The van der Waals surface area contributed by atoms with Gasteiger partial charge in [0.1, 0.15) is 6.33 Å². The summed E-state index contributed by atoms with van der Waals surface area (Å²) in [6, 6.07) is 35.7. The number of hydrogen-bond acceptors (Lipinski definition) is 6. The van der Waals surface area contributed by atoms with Gasteiger partial charge in [-0.15, -0.1) is 0 Å². The van der Waals surface area contributed by atoms with Crippen molar-refractivity contribution in [2.75, 3.05) is 9.80 Å². The first-order valence-electron chi connectivity index (χ1n) is 20.5. The topological polar surface area (TPSA) is 73.1 Å². The lowest BCUT2D eigenvalue weighted by Crippen LogP contribution is -2.36. The van der Waals surface area contributed by atoms with E-state index in [1.807, 2.05) is 48.8 Å². The van der Waals surface area contributed by atoms with Crippen molar-refractivity contribution >= 4 is 28.5 Å². The van der Waals surface area contributed by atoms with E-state index in [1.165, 1.54) is 22.4 Å². The molecule has 0 atom stereocenters. The molecule has 3 aliphatic carbocycles. The Labute approximate surface area is 349 Å². The first kappa shape index (κ1) is 35.6. The molecular weight excluding hydrogens is 735 g/mol. The van der Waals surface area contributed by atoms with Gasteiger partial charge in [0.2, 0.25) is 0 Å². The Balaban J connectivity index is 1.20. The summed E-state index contributed by atoms with van der Waals surface area (Å²) in [4.78, 5) is 28.6. The van der Waals surface area contributed by atoms with Crippen molar-refractivity contribution in [3.63, 3.8) is 0 Å². The molecule has 0 saturated heterocycles.